The smallest absolute Gasteiger partial charge is 0.329 e. The van der Waals surface area contributed by atoms with Crippen molar-refractivity contribution in [3.05, 3.63) is 58.6 Å². The summed E-state index contributed by atoms with van der Waals surface area (Å²) >= 11 is 3.45. The van der Waals surface area contributed by atoms with E-state index in [-0.39, 0.29) is 6.61 Å². The van der Waals surface area contributed by atoms with E-state index in [1.54, 1.807) is 14.0 Å². The van der Waals surface area contributed by atoms with Gasteiger partial charge in [0.1, 0.15) is 23.6 Å². The lowest BCUT2D eigenvalue weighted by atomic mass is 10.0. The van der Waals surface area contributed by atoms with Crippen molar-refractivity contribution in [2.45, 2.75) is 19.0 Å². The Morgan fingerprint density at radius 1 is 1.16 bits per heavy atom. The zero-order valence-electron chi connectivity index (χ0n) is 14.5. The van der Waals surface area contributed by atoms with Crippen LogP contribution in [0.15, 0.2) is 53.0 Å². The van der Waals surface area contributed by atoms with Gasteiger partial charge < -0.3 is 14.2 Å². The van der Waals surface area contributed by atoms with E-state index in [1.807, 2.05) is 48.5 Å². The summed E-state index contributed by atoms with van der Waals surface area (Å²) in [5.74, 6) is 1.05. The van der Waals surface area contributed by atoms with Crippen molar-refractivity contribution >= 4 is 21.9 Å². The van der Waals surface area contributed by atoms with Gasteiger partial charge in [-0.25, -0.2) is 4.79 Å². The number of para-hydroxylation sites is 1. The highest BCUT2D eigenvalue weighted by atomic mass is 79.9. The number of methoxy groups -OCH3 is 2. The van der Waals surface area contributed by atoms with Gasteiger partial charge in [0.2, 0.25) is 0 Å². The van der Waals surface area contributed by atoms with E-state index in [2.05, 4.69) is 21.2 Å². The van der Waals surface area contributed by atoms with Gasteiger partial charge in [-0.15, -0.1) is 0 Å². The number of nitrogens with one attached hydrogen (secondary N) is 1. The standard InChI is InChI=1S/C19H22BrNO4/c1-19(18(22)24-3,13-25-16-7-5-4-6-8-16)21-12-14-11-15(20)9-10-17(14)23-2/h4-11,21H,12-13H2,1-3H3. The van der Waals surface area contributed by atoms with Crippen LogP contribution in [0.3, 0.4) is 0 Å². The first kappa shape index (κ1) is 19.3. The van der Waals surface area contributed by atoms with Crippen molar-refractivity contribution in [3.8, 4) is 11.5 Å². The van der Waals surface area contributed by atoms with Gasteiger partial charge in [-0.05, 0) is 37.3 Å². The number of hydrogen-bond donors (Lipinski definition) is 1. The van der Waals surface area contributed by atoms with Gasteiger partial charge in [0.25, 0.3) is 0 Å². The number of ether oxygens (including phenoxy) is 3. The number of halogens is 1. The molecular formula is C19H22BrNO4. The molecule has 0 aliphatic carbocycles. The van der Waals surface area contributed by atoms with Gasteiger partial charge in [0.05, 0.1) is 14.2 Å². The molecule has 0 amide bonds. The maximum absolute atomic E-state index is 12.3. The number of benzene rings is 2. The van der Waals surface area contributed by atoms with Crippen LogP contribution < -0.4 is 14.8 Å². The van der Waals surface area contributed by atoms with Crippen molar-refractivity contribution in [2.24, 2.45) is 0 Å². The Labute approximate surface area is 156 Å². The molecule has 2 aromatic carbocycles. The molecule has 2 aromatic rings. The van der Waals surface area contributed by atoms with Gasteiger partial charge in [-0.3, -0.25) is 5.32 Å². The van der Waals surface area contributed by atoms with Crippen LogP contribution in [0.5, 0.6) is 11.5 Å². The van der Waals surface area contributed by atoms with E-state index >= 15 is 0 Å². The quantitative estimate of drug-likeness (QED) is 0.677. The average Bonchev–Trinajstić information content (AvgIpc) is 2.65. The number of carbonyl (C=O) groups is 1. The fraction of sp³-hybridized carbons (Fsp3) is 0.316. The van der Waals surface area contributed by atoms with Crippen molar-refractivity contribution in [2.75, 3.05) is 20.8 Å². The Kier molecular flexibility index (Phi) is 6.84. The zero-order valence-corrected chi connectivity index (χ0v) is 16.1. The number of esters is 1. The third kappa shape index (κ3) is 5.21. The molecule has 5 nitrogen and oxygen atoms in total. The van der Waals surface area contributed by atoms with Crippen LogP contribution in [0.1, 0.15) is 12.5 Å². The third-order valence-corrected chi connectivity index (χ3v) is 4.31. The molecule has 25 heavy (non-hydrogen) atoms. The van der Waals surface area contributed by atoms with Crippen LogP contribution in [-0.4, -0.2) is 32.3 Å². The summed E-state index contributed by atoms with van der Waals surface area (Å²) < 4.78 is 17.0. The summed E-state index contributed by atoms with van der Waals surface area (Å²) in [6.45, 7) is 2.32. The summed E-state index contributed by atoms with van der Waals surface area (Å²) in [6, 6.07) is 15.1. The van der Waals surface area contributed by atoms with Crippen LogP contribution in [-0.2, 0) is 16.1 Å². The number of carbonyl (C=O) groups excluding carboxylic acids is 1. The first-order valence-corrected chi connectivity index (χ1v) is 8.61. The minimum atomic E-state index is -1.00. The first-order valence-electron chi connectivity index (χ1n) is 7.82. The second kappa shape index (κ2) is 8.87. The molecule has 134 valence electrons. The predicted octanol–water partition coefficient (Wildman–Crippen LogP) is 3.56. The lowest BCUT2D eigenvalue weighted by Gasteiger charge is -2.28. The monoisotopic (exact) mass is 407 g/mol. The largest absolute Gasteiger partial charge is 0.496 e. The molecule has 0 aliphatic heterocycles. The average molecular weight is 408 g/mol. The molecule has 0 bridgehead atoms. The first-order chi connectivity index (χ1) is 12.0. The molecular weight excluding hydrogens is 386 g/mol. The Bertz CT molecular complexity index is 708. The highest BCUT2D eigenvalue weighted by Crippen LogP contribution is 2.24. The normalized spacial score (nSPS) is 13.0. The van der Waals surface area contributed by atoms with Crippen LogP contribution in [0.4, 0.5) is 0 Å². The Hall–Kier alpha value is -2.05. The number of hydrogen-bond acceptors (Lipinski definition) is 5. The second-order valence-electron chi connectivity index (χ2n) is 5.74. The van der Waals surface area contributed by atoms with Gasteiger partial charge in [-0.1, -0.05) is 34.1 Å². The molecule has 0 aromatic heterocycles. The van der Waals surface area contributed by atoms with Crippen molar-refractivity contribution < 1.29 is 19.0 Å². The summed E-state index contributed by atoms with van der Waals surface area (Å²) in [7, 11) is 2.98. The van der Waals surface area contributed by atoms with Crippen molar-refractivity contribution in [1.82, 2.24) is 5.32 Å². The van der Waals surface area contributed by atoms with E-state index in [0.717, 1.165) is 15.8 Å². The maximum atomic E-state index is 12.3. The predicted molar refractivity (Wildman–Crippen MR) is 99.9 cm³/mol. The van der Waals surface area contributed by atoms with E-state index in [9.17, 15) is 4.79 Å². The van der Waals surface area contributed by atoms with Crippen molar-refractivity contribution in [1.29, 1.82) is 0 Å². The highest BCUT2D eigenvalue weighted by Gasteiger charge is 2.35. The molecule has 0 saturated carbocycles. The SMILES string of the molecule is COC(=O)C(C)(COc1ccccc1)NCc1cc(Br)ccc1OC. The zero-order chi connectivity index (χ0) is 18.3. The fourth-order valence-electron chi connectivity index (χ4n) is 2.33. The van der Waals surface area contributed by atoms with Gasteiger partial charge in [0, 0.05) is 16.6 Å². The van der Waals surface area contributed by atoms with Gasteiger partial charge in [-0.2, -0.15) is 0 Å². The molecule has 0 fully saturated rings. The van der Waals surface area contributed by atoms with E-state index < -0.39 is 11.5 Å². The Morgan fingerprint density at radius 2 is 1.88 bits per heavy atom. The summed E-state index contributed by atoms with van der Waals surface area (Å²) in [4.78, 5) is 12.3. The molecule has 1 atom stereocenters. The lowest BCUT2D eigenvalue weighted by Crippen LogP contribution is -2.54. The van der Waals surface area contributed by atoms with Gasteiger partial charge in [0.15, 0.2) is 0 Å². The van der Waals surface area contributed by atoms with E-state index in [4.69, 9.17) is 14.2 Å². The minimum absolute atomic E-state index is 0.139. The molecule has 0 spiro atoms. The molecule has 0 radical (unpaired) electrons. The fourth-order valence-corrected chi connectivity index (χ4v) is 2.74. The molecule has 0 saturated heterocycles. The van der Waals surface area contributed by atoms with Crippen LogP contribution in [0.25, 0.3) is 0 Å². The lowest BCUT2D eigenvalue weighted by molar-refractivity contribution is -0.149. The molecule has 0 aliphatic rings. The Balaban J connectivity index is 2.12. The molecule has 0 heterocycles. The minimum Gasteiger partial charge on any atom is -0.496 e. The summed E-state index contributed by atoms with van der Waals surface area (Å²) in [5.41, 5.74) is -0.0792. The summed E-state index contributed by atoms with van der Waals surface area (Å²) in [6.07, 6.45) is 0. The molecule has 1 unspecified atom stereocenters. The Morgan fingerprint density at radius 3 is 2.52 bits per heavy atom. The van der Waals surface area contributed by atoms with Crippen molar-refractivity contribution in [3.63, 3.8) is 0 Å². The van der Waals surface area contributed by atoms with E-state index in [1.165, 1.54) is 7.11 Å². The second-order valence-corrected chi connectivity index (χ2v) is 6.65. The molecule has 2 rings (SSSR count). The topological polar surface area (TPSA) is 56.8 Å². The van der Waals surface area contributed by atoms with E-state index in [0.29, 0.717) is 12.3 Å². The van der Waals surface area contributed by atoms with Crippen LogP contribution in [0.2, 0.25) is 0 Å². The maximum Gasteiger partial charge on any atom is 0.329 e. The highest BCUT2D eigenvalue weighted by molar-refractivity contribution is 9.10. The van der Waals surface area contributed by atoms with Gasteiger partial charge >= 0.3 is 5.97 Å². The number of rotatable bonds is 8. The summed E-state index contributed by atoms with van der Waals surface area (Å²) in [5, 5.41) is 3.23. The third-order valence-electron chi connectivity index (χ3n) is 3.82. The molecule has 1 N–H and O–H groups in total. The molecule has 6 heteroatoms. The van der Waals surface area contributed by atoms with Crippen LogP contribution in [0, 0.1) is 0 Å². The van der Waals surface area contributed by atoms with Crippen LogP contribution >= 0.6 is 15.9 Å².